The second-order valence-corrected chi connectivity index (χ2v) is 5.56. The summed E-state index contributed by atoms with van der Waals surface area (Å²) in [5, 5.41) is 3.66. The first-order valence-corrected chi connectivity index (χ1v) is 7.23. The van der Waals surface area contributed by atoms with E-state index in [1.54, 1.807) is 19.2 Å². The molecule has 0 saturated heterocycles. The van der Waals surface area contributed by atoms with Crippen molar-refractivity contribution in [3.8, 4) is 0 Å². The highest BCUT2D eigenvalue weighted by atomic mass is 35.5. The van der Waals surface area contributed by atoms with Gasteiger partial charge in [0.25, 0.3) is 0 Å². The lowest BCUT2D eigenvalue weighted by Gasteiger charge is -2.27. The van der Waals surface area contributed by atoms with E-state index in [0.29, 0.717) is 5.92 Å². The Morgan fingerprint density at radius 1 is 1.47 bits per heavy atom. The van der Waals surface area contributed by atoms with Gasteiger partial charge in [-0.3, -0.25) is 0 Å². The topological polar surface area (TPSA) is 21.3 Å². The Hall–Kier alpha value is -0.640. The molecular formula is C15H21ClFNO. The number of likely N-dealkylation sites (N-methyl/N-ethyl adjacent to an activating group) is 1. The van der Waals surface area contributed by atoms with Crippen molar-refractivity contribution in [2.75, 3.05) is 13.7 Å². The second-order valence-electron chi connectivity index (χ2n) is 5.15. The summed E-state index contributed by atoms with van der Waals surface area (Å²) in [7, 11) is 1.77. The normalized spacial score (nSPS) is 18.3. The Kier molecular flexibility index (Phi) is 5.20. The van der Waals surface area contributed by atoms with Gasteiger partial charge in [0, 0.05) is 13.2 Å². The third kappa shape index (κ3) is 3.91. The summed E-state index contributed by atoms with van der Waals surface area (Å²) in [5.74, 6) is 0.292. The molecule has 1 aromatic rings. The number of ether oxygens (including phenoxy) is 1. The summed E-state index contributed by atoms with van der Waals surface area (Å²) in [6.45, 7) is 2.98. The SMILES string of the molecule is CCNC(Cc1ccc(F)c(Cl)c1)C(OC)C1CC1. The molecule has 2 rings (SSSR count). The Morgan fingerprint density at radius 2 is 2.21 bits per heavy atom. The number of halogens is 2. The van der Waals surface area contributed by atoms with Crippen molar-refractivity contribution in [2.24, 2.45) is 5.92 Å². The molecule has 1 aromatic carbocycles. The van der Waals surface area contributed by atoms with E-state index in [-0.39, 0.29) is 23.0 Å². The Balaban J connectivity index is 2.08. The van der Waals surface area contributed by atoms with Gasteiger partial charge < -0.3 is 10.1 Å². The van der Waals surface area contributed by atoms with Gasteiger partial charge in [-0.2, -0.15) is 0 Å². The molecule has 4 heteroatoms. The standard InChI is InChI=1S/C15H21ClFNO/c1-3-18-14(15(19-2)11-5-6-11)9-10-4-7-13(17)12(16)8-10/h4,7-8,11,14-15,18H,3,5-6,9H2,1-2H3. The molecule has 0 radical (unpaired) electrons. The number of methoxy groups -OCH3 is 1. The van der Waals surface area contributed by atoms with Crippen LogP contribution in [-0.4, -0.2) is 25.8 Å². The van der Waals surface area contributed by atoms with E-state index in [1.807, 2.05) is 0 Å². The first-order chi connectivity index (χ1) is 9.15. The molecule has 0 spiro atoms. The average molecular weight is 286 g/mol. The van der Waals surface area contributed by atoms with Crippen LogP contribution < -0.4 is 5.32 Å². The smallest absolute Gasteiger partial charge is 0.141 e. The molecule has 0 aliphatic heterocycles. The summed E-state index contributed by atoms with van der Waals surface area (Å²) < 4.78 is 18.8. The van der Waals surface area contributed by atoms with E-state index in [0.717, 1.165) is 18.5 Å². The predicted molar refractivity (Wildman–Crippen MR) is 76.1 cm³/mol. The summed E-state index contributed by atoms with van der Waals surface area (Å²) >= 11 is 5.84. The number of rotatable bonds is 7. The molecule has 1 fully saturated rings. The molecule has 2 nitrogen and oxygen atoms in total. The summed E-state index contributed by atoms with van der Waals surface area (Å²) in [5.41, 5.74) is 1.04. The molecule has 0 bridgehead atoms. The zero-order valence-corrected chi connectivity index (χ0v) is 12.2. The Bertz CT molecular complexity index is 423. The van der Waals surface area contributed by atoms with Gasteiger partial charge in [-0.1, -0.05) is 24.6 Å². The second kappa shape index (κ2) is 6.69. The molecule has 0 aromatic heterocycles. The van der Waals surface area contributed by atoms with Gasteiger partial charge in [-0.15, -0.1) is 0 Å². The van der Waals surface area contributed by atoms with Crippen LogP contribution in [0, 0.1) is 11.7 Å². The fraction of sp³-hybridized carbons (Fsp3) is 0.600. The Labute approximate surface area is 119 Å². The van der Waals surface area contributed by atoms with Crippen LogP contribution in [0.4, 0.5) is 4.39 Å². The van der Waals surface area contributed by atoms with E-state index in [1.165, 1.54) is 18.9 Å². The largest absolute Gasteiger partial charge is 0.380 e. The maximum absolute atomic E-state index is 13.2. The minimum Gasteiger partial charge on any atom is -0.380 e. The van der Waals surface area contributed by atoms with Gasteiger partial charge in [0.05, 0.1) is 11.1 Å². The van der Waals surface area contributed by atoms with Crippen LogP contribution in [0.5, 0.6) is 0 Å². The van der Waals surface area contributed by atoms with Crippen molar-refractivity contribution >= 4 is 11.6 Å². The quantitative estimate of drug-likeness (QED) is 0.829. The van der Waals surface area contributed by atoms with Crippen molar-refractivity contribution in [3.63, 3.8) is 0 Å². The maximum Gasteiger partial charge on any atom is 0.141 e. The van der Waals surface area contributed by atoms with E-state index in [2.05, 4.69) is 12.2 Å². The summed E-state index contributed by atoms with van der Waals surface area (Å²) in [6, 6.07) is 5.19. The van der Waals surface area contributed by atoms with E-state index in [9.17, 15) is 4.39 Å². The number of hydrogen-bond acceptors (Lipinski definition) is 2. The lowest BCUT2D eigenvalue weighted by atomic mass is 9.98. The molecule has 19 heavy (non-hydrogen) atoms. The number of nitrogens with one attached hydrogen (secondary N) is 1. The molecule has 1 N–H and O–H groups in total. The average Bonchev–Trinajstić information content (AvgIpc) is 3.19. The van der Waals surface area contributed by atoms with Gasteiger partial charge in [0.15, 0.2) is 0 Å². The molecule has 2 atom stereocenters. The van der Waals surface area contributed by atoms with Crippen molar-refractivity contribution in [1.29, 1.82) is 0 Å². The third-order valence-corrected chi connectivity index (χ3v) is 3.95. The van der Waals surface area contributed by atoms with Crippen LogP contribution in [0.1, 0.15) is 25.3 Å². The van der Waals surface area contributed by atoms with Crippen LogP contribution in [0.3, 0.4) is 0 Å². The fourth-order valence-electron chi connectivity index (χ4n) is 2.60. The molecule has 1 aliphatic carbocycles. The highest BCUT2D eigenvalue weighted by molar-refractivity contribution is 6.30. The predicted octanol–water partition coefficient (Wildman–Crippen LogP) is 3.42. The van der Waals surface area contributed by atoms with Crippen LogP contribution in [-0.2, 0) is 11.2 Å². The molecule has 1 saturated carbocycles. The Morgan fingerprint density at radius 3 is 2.74 bits per heavy atom. The lowest BCUT2D eigenvalue weighted by molar-refractivity contribution is 0.0516. The van der Waals surface area contributed by atoms with Crippen molar-refractivity contribution in [1.82, 2.24) is 5.32 Å². The minimum absolute atomic E-state index is 0.188. The van der Waals surface area contributed by atoms with Gasteiger partial charge >= 0.3 is 0 Å². The molecule has 1 aliphatic rings. The molecule has 2 unspecified atom stereocenters. The fourth-order valence-corrected chi connectivity index (χ4v) is 2.80. The first-order valence-electron chi connectivity index (χ1n) is 6.85. The van der Waals surface area contributed by atoms with Crippen LogP contribution in [0.15, 0.2) is 18.2 Å². The molecular weight excluding hydrogens is 265 g/mol. The van der Waals surface area contributed by atoms with E-state index >= 15 is 0 Å². The zero-order chi connectivity index (χ0) is 13.8. The highest BCUT2D eigenvalue weighted by Gasteiger charge is 2.36. The highest BCUT2D eigenvalue weighted by Crippen LogP contribution is 2.36. The summed E-state index contributed by atoms with van der Waals surface area (Å²) in [6.07, 6.45) is 3.52. The van der Waals surface area contributed by atoms with Gasteiger partial charge in [0.2, 0.25) is 0 Å². The van der Waals surface area contributed by atoms with Crippen molar-refractivity contribution in [2.45, 2.75) is 38.3 Å². The van der Waals surface area contributed by atoms with Gasteiger partial charge in [-0.25, -0.2) is 4.39 Å². The number of benzene rings is 1. The first kappa shape index (κ1) is 14.8. The lowest BCUT2D eigenvalue weighted by Crippen LogP contribution is -2.43. The van der Waals surface area contributed by atoms with E-state index < -0.39 is 0 Å². The zero-order valence-electron chi connectivity index (χ0n) is 11.5. The van der Waals surface area contributed by atoms with Gasteiger partial charge in [0.1, 0.15) is 5.82 Å². The van der Waals surface area contributed by atoms with Crippen LogP contribution in [0.25, 0.3) is 0 Å². The van der Waals surface area contributed by atoms with E-state index in [4.69, 9.17) is 16.3 Å². The third-order valence-electron chi connectivity index (χ3n) is 3.66. The van der Waals surface area contributed by atoms with Crippen molar-refractivity contribution in [3.05, 3.63) is 34.6 Å². The van der Waals surface area contributed by atoms with Crippen molar-refractivity contribution < 1.29 is 9.13 Å². The minimum atomic E-state index is -0.365. The molecule has 0 amide bonds. The molecule has 0 heterocycles. The maximum atomic E-state index is 13.2. The summed E-state index contributed by atoms with van der Waals surface area (Å²) in [4.78, 5) is 0. The van der Waals surface area contributed by atoms with Crippen LogP contribution in [0.2, 0.25) is 5.02 Å². The number of hydrogen-bond donors (Lipinski definition) is 1. The monoisotopic (exact) mass is 285 g/mol. The molecule has 106 valence electrons. The van der Waals surface area contributed by atoms with Gasteiger partial charge in [-0.05, 0) is 49.4 Å². The van der Waals surface area contributed by atoms with Crippen LogP contribution >= 0.6 is 11.6 Å².